The van der Waals surface area contributed by atoms with E-state index in [1.54, 1.807) is 36.0 Å². The number of rotatable bonds is 7. The van der Waals surface area contributed by atoms with Gasteiger partial charge in [-0.15, -0.1) is 11.8 Å². The number of pyridine rings is 1. The van der Waals surface area contributed by atoms with E-state index in [0.717, 1.165) is 17.0 Å². The SMILES string of the molecule is Cc1ccc(SCc2ccc(NC(=O)c3cccc(-c4ccc(NN)c(N)n4)c3)cc2)cc1. The second-order valence-electron chi connectivity index (χ2n) is 7.61. The number of carbonyl (C=O) groups is 1. The van der Waals surface area contributed by atoms with Crippen LogP contribution in [0.5, 0.6) is 0 Å². The van der Waals surface area contributed by atoms with E-state index in [-0.39, 0.29) is 5.91 Å². The van der Waals surface area contributed by atoms with E-state index in [2.05, 4.69) is 46.9 Å². The number of nitrogens with zero attached hydrogens (tertiary/aromatic N) is 1. The molecule has 166 valence electrons. The standard InChI is InChI=1S/C26H25N5OS/c1-17-5-11-22(12-6-17)33-16-18-7-9-21(10-8-18)29-26(32)20-4-2-3-19(15-20)23-13-14-24(31-28)25(27)30-23/h2-15,31H,16,28H2,1H3,(H2,27,30)(H,29,32). The van der Waals surface area contributed by atoms with Gasteiger partial charge in [0.05, 0.1) is 11.4 Å². The number of aryl methyl sites for hydroxylation is 1. The number of anilines is 3. The number of hydrogen-bond acceptors (Lipinski definition) is 6. The van der Waals surface area contributed by atoms with Gasteiger partial charge in [0.25, 0.3) is 5.91 Å². The number of thioether (sulfide) groups is 1. The second-order valence-corrected chi connectivity index (χ2v) is 8.66. The number of hydrogen-bond donors (Lipinski definition) is 4. The number of aromatic nitrogens is 1. The minimum Gasteiger partial charge on any atom is -0.382 e. The Kier molecular flexibility index (Phi) is 6.92. The molecule has 0 aliphatic rings. The predicted molar refractivity (Wildman–Crippen MR) is 137 cm³/mol. The average Bonchev–Trinajstić information content (AvgIpc) is 2.84. The van der Waals surface area contributed by atoms with Crippen LogP contribution in [0.15, 0.2) is 89.8 Å². The lowest BCUT2D eigenvalue weighted by Gasteiger charge is -2.09. The lowest BCUT2D eigenvalue weighted by Crippen LogP contribution is -2.12. The monoisotopic (exact) mass is 455 g/mol. The molecule has 0 fully saturated rings. The number of nitrogens with two attached hydrogens (primary N) is 2. The molecule has 0 aliphatic heterocycles. The largest absolute Gasteiger partial charge is 0.382 e. The van der Waals surface area contributed by atoms with Gasteiger partial charge in [-0.2, -0.15) is 0 Å². The zero-order chi connectivity index (χ0) is 23.2. The molecule has 0 spiro atoms. The minimum absolute atomic E-state index is 0.188. The quantitative estimate of drug-likeness (QED) is 0.167. The summed E-state index contributed by atoms with van der Waals surface area (Å²) in [6.07, 6.45) is 0. The first kappa shape index (κ1) is 22.4. The number of carbonyl (C=O) groups excluding carboxylic acids is 1. The average molecular weight is 456 g/mol. The molecule has 0 saturated heterocycles. The van der Waals surface area contributed by atoms with Gasteiger partial charge in [0.1, 0.15) is 5.82 Å². The maximum absolute atomic E-state index is 12.8. The Balaban J connectivity index is 1.40. The van der Waals surface area contributed by atoms with Crippen molar-refractivity contribution in [3.63, 3.8) is 0 Å². The molecule has 0 unspecified atom stereocenters. The Morgan fingerprint density at radius 3 is 2.42 bits per heavy atom. The highest BCUT2D eigenvalue weighted by molar-refractivity contribution is 7.98. The van der Waals surface area contributed by atoms with Crippen molar-refractivity contribution in [3.05, 3.63) is 102 Å². The van der Waals surface area contributed by atoms with Gasteiger partial charge in [-0.3, -0.25) is 10.6 Å². The first-order valence-electron chi connectivity index (χ1n) is 10.4. The smallest absolute Gasteiger partial charge is 0.255 e. The number of benzene rings is 3. The fourth-order valence-corrected chi connectivity index (χ4v) is 4.12. The molecule has 0 atom stereocenters. The molecular formula is C26H25N5OS. The van der Waals surface area contributed by atoms with Crippen LogP contribution in [-0.2, 0) is 5.75 Å². The molecule has 0 saturated carbocycles. The van der Waals surface area contributed by atoms with Gasteiger partial charge < -0.3 is 16.5 Å². The Morgan fingerprint density at radius 2 is 1.73 bits per heavy atom. The maximum atomic E-state index is 12.8. The molecule has 1 amide bonds. The molecule has 33 heavy (non-hydrogen) atoms. The van der Waals surface area contributed by atoms with Crippen LogP contribution in [0.4, 0.5) is 17.2 Å². The van der Waals surface area contributed by atoms with E-state index in [4.69, 9.17) is 11.6 Å². The van der Waals surface area contributed by atoms with Crippen molar-refractivity contribution in [2.24, 2.45) is 5.84 Å². The molecule has 3 aromatic carbocycles. The molecular weight excluding hydrogens is 430 g/mol. The fraction of sp³-hybridized carbons (Fsp3) is 0.0769. The van der Waals surface area contributed by atoms with Crippen molar-refractivity contribution in [1.82, 2.24) is 4.98 Å². The first-order valence-corrected chi connectivity index (χ1v) is 11.4. The van der Waals surface area contributed by atoms with Crippen LogP contribution in [0.3, 0.4) is 0 Å². The lowest BCUT2D eigenvalue weighted by atomic mass is 10.1. The van der Waals surface area contributed by atoms with Crippen LogP contribution in [0.1, 0.15) is 21.5 Å². The van der Waals surface area contributed by atoms with Crippen molar-refractivity contribution >= 4 is 34.9 Å². The molecule has 0 aliphatic carbocycles. The highest BCUT2D eigenvalue weighted by Gasteiger charge is 2.10. The molecule has 0 radical (unpaired) electrons. The topological polar surface area (TPSA) is 106 Å². The summed E-state index contributed by atoms with van der Waals surface area (Å²) in [5.41, 5.74) is 14.1. The van der Waals surface area contributed by atoms with E-state index >= 15 is 0 Å². The number of nitrogens with one attached hydrogen (secondary N) is 2. The number of hydrazine groups is 1. The van der Waals surface area contributed by atoms with Crippen LogP contribution in [0.25, 0.3) is 11.3 Å². The van der Waals surface area contributed by atoms with Gasteiger partial charge in [0, 0.05) is 27.5 Å². The third-order valence-corrected chi connectivity index (χ3v) is 6.22. The third kappa shape index (κ3) is 5.71. The maximum Gasteiger partial charge on any atom is 0.255 e. The molecule has 0 bridgehead atoms. The normalized spacial score (nSPS) is 10.6. The molecule has 4 aromatic rings. The summed E-state index contributed by atoms with van der Waals surface area (Å²) in [4.78, 5) is 18.4. The molecule has 1 heterocycles. The van der Waals surface area contributed by atoms with E-state index in [1.807, 2.05) is 36.4 Å². The van der Waals surface area contributed by atoms with Crippen molar-refractivity contribution in [2.45, 2.75) is 17.6 Å². The second kappa shape index (κ2) is 10.2. The van der Waals surface area contributed by atoms with Gasteiger partial charge in [-0.05, 0) is 61.0 Å². The van der Waals surface area contributed by atoms with Gasteiger partial charge in [-0.1, -0.05) is 42.0 Å². The third-order valence-electron chi connectivity index (χ3n) is 5.14. The highest BCUT2D eigenvalue weighted by Crippen LogP contribution is 2.25. The Hall–Kier alpha value is -3.81. The van der Waals surface area contributed by atoms with Gasteiger partial charge in [0.2, 0.25) is 0 Å². The van der Waals surface area contributed by atoms with Crippen LogP contribution in [0.2, 0.25) is 0 Å². The summed E-state index contributed by atoms with van der Waals surface area (Å²) in [5, 5.41) is 2.96. The summed E-state index contributed by atoms with van der Waals surface area (Å²) in [6, 6.07) is 27.2. The minimum atomic E-state index is -0.188. The van der Waals surface area contributed by atoms with Gasteiger partial charge in [-0.25, -0.2) is 4.98 Å². The molecule has 6 N–H and O–H groups in total. The van der Waals surface area contributed by atoms with Crippen molar-refractivity contribution in [1.29, 1.82) is 0 Å². The zero-order valence-electron chi connectivity index (χ0n) is 18.2. The number of nitrogen functional groups attached to an aromatic ring is 2. The summed E-state index contributed by atoms with van der Waals surface area (Å²) >= 11 is 1.79. The van der Waals surface area contributed by atoms with Crippen LogP contribution < -0.4 is 22.3 Å². The van der Waals surface area contributed by atoms with Gasteiger partial charge >= 0.3 is 0 Å². The Bertz CT molecular complexity index is 1260. The zero-order valence-corrected chi connectivity index (χ0v) is 19.0. The van der Waals surface area contributed by atoms with E-state index in [0.29, 0.717) is 22.8 Å². The Labute approximate surface area is 197 Å². The van der Waals surface area contributed by atoms with Crippen LogP contribution in [-0.4, -0.2) is 10.9 Å². The molecule has 7 heteroatoms. The lowest BCUT2D eigenvalue weighted by molar-refractivity contribution is 0.102. The first-order chi connectivity index (χ1) is 16.0. The summed E-state index contributed by atoms with van der Waals surface area (Å²) in [6.45, 7) is 2.09. The van der Waals surface area contributed by atoms with Gasteiger partial charge in [0.15, 0.2) is 0 Å². The van der Waals surface area contributed by atoms with Crippen LogP contribution in [0, 0.1) is 6.92 Å². The molecule has 4 rings (SSSR count). The van der Waals surface area contributed by atoms with E-state index < -0.39 is 0 Å². The highest BCUT2D eigenvalue weighted by atomic mass is 32.2. The molecule has 6 nitrogen and oxygen atoms in total. The number of amides is 1. The van der Waals surface area contributed by atoms with E-state index in [1.165, 1.54) is 16.0 Å². The van der Waals surface area contributed by atoms with E-state index in [9.17, 15) is 4.79 Å². The molecule has 1 aromatic heterocycles. The summed E-state index contributed by atoms with van der Waals surface area (Å²) in [7, 11) is 0. The summed E-state index contributed by atoms with van der Waals surface area (Å²) < 4.78 is 0. The van der Waals surface area contributed by atoms with Crippen molar-refractivity contribution in [3.8, 4) is 11.3 Å². The fourth-order valence-electron chi connectivity index (χ4n) is 3.27. The predicted octanol–water partition coefficient (Wildman–Crippen LogP) is 5.47. The Morgan fingerprint density at radius 1 is 0.970 bits per heavy atom. The van der Waals surface area contributed by atoms with Crippen molar-refractivity contribution in [2.75, 3.05) is 16.5 Å². The van der Waals surface area contributed by atoms with Crippen LogP contribution >= 0.6 is 11.8 Å². The summed E-state index contributed by atoms with van der Waals surface area (Å²) in [5.74, 6) is 6.39. The van der Waals surface area contributed by atoms with Crippen molar-refractivity contribution < 1.29 is 4.79 Å².